The number of amides is 2. The Bertz CT molecular complexity index is 200. The Morgan fingerprint density at radius 1 is 1.25 bits per heavy atom. The number of rotatable bonds is 6. The molecule has 0 aliphatic heterocycles. The molecule has 0 atom stereocenters. The van der Waals surface area contributed by atoms with Gasteiger partial charge in [-0.3, -0.25) is 0 Å². The lowest BCUT2D eigenvalue weighted by atomic mass is 9.83. The van der Waals surface area contributed by atoms with Gasteiger partial charge in [0.15, 0.2) is 0 Å². The van der Waals surface area contributed by atoms with E-state index in [4.69, 9.17) is 5.73 Å². The number of hydrogen-bond acceptors (Lipinski definition) is 2. The average Bonchev–Trinajstić information content (AvgIpc) is 2.27. The van der Waals surface area contributed by atoms with Crippen LogP contribution in [0.3, 0.4) is 0 Å². The average molecular weight is 227 g/mol. The van der Waals surface area contributed by atoms with E-state index in [1.807, 2.05) is 0 Å². The van der Waals surface area contributed by atoms with Gasteiger partial charge in [-0.05, 0) is 31.6 Å². The minimum atomic E-state index is -0.437. The summed E-state index contributed by atoms with van der Waals surface area (Å²) in [5, 5.41) is 6.06. The third kappa shape index (κ3) is 5.35. The third-order valence-corrected chi connectivity index (χ3v) is 3.40. The molecule has 94 valence electrons. The lowest BCUT2D eigenvalue weighted by Crippen LogP contribution is -2.40. The molecule has 0 aromatic carbocycles. The van der Waals surface area contributed by atoms with Gasteiger partial charge in [-0.25, -0.2) is 4.79 Å². The van der Waals surface area contributed by atoms with Crippen LogP contribution in [0.25, 0.3) is 0 Å². The Kier molecular flexibility index (Phi) is 6.23. The fourth-order valence-corrected chi connectivity index (χ4v) is 2.53. The molecule has 1 aliphatic rings. The Labute approximate surface area is 98.3 Å². The second-order valence-electron chi connectivity index (χ2n) is 4.75. The largest absolute Gasteiger partial charge is 0.352 e. The van der Waals surface area contributed by atoms with Crippen molar-refractivity contribution in [2.75, 3.05) is 13.1 Å². The normalized spacial score (nSPS) is 25.3. The van der Waals surface area contributed by atoms with Crippen molar-refractivity contribution in [1.29, 1.82) is 0 Å². The summed E-state index contributed by atoms with van der Waals surface area (Å²) in [5.74, 6) is 0.951. The SMILES string of the molecule is CCCC1CCC(NCCNC(N)=O)CC1. The second-order valence-corrected chi connectivity index (χ2v) is 4.75. The van der Waals surface area contributed by atoms with Gasteiger partial charge in [-0.15, -0.1) is 0 Å². The zero-order valence-corrected chi connectivity index (χ0v) is 10.3. The predicted molar refractivity (Wildman–Crippen MR) is 66.2 cm³/mol. The van der Waals surface area contributed by atoms with Gasteiger partial charge < -0.3 is 16.4 Å². The standard InChI is InChI=1S/C12H25N3O/c1-2-3-10-4-6-11(7-5-10)14-8-9-15-12(13)16/h10-11,14H,2-9H2,1H3,(H3,13,15,16). The summed E-state index contributed by atoms with van der Waals surface area (Å²) in [6, 6.07) is 0.205. The fraction of sp³-hybridized carbons (Fsp3) is 0.917. The number of primary amides is 1. The van der Waals surface area contributed by atoms with Crippen molar-refractivity contribution in [3.05, 3.63) is 0 Å². The molecule has 4 N–H and O–H groups in total. The van der Waals surface area contributed by atoms with Crippen LogP contribution < -0.4 is 16.4 Å². The summed E-state index contributed by atoms with van der Waals surface area (Å²) >= 11 is 0. The van der Waals surface area contributed by atoms with E-state index in [9.17, 15) is 4.79 Å². The molecule has 0 unspecified atom stereocenters. The molecule has 0 saturated heterocycles. The van der Waals surface area contributed by atoms with Crippen LogP contribution >= 0.6 is 0 Å². The topological polar surface area (TPSA) is 67.2 Å². The molecule has 1 aliphatic carbocycles. The zero-order valence-electron chi connectivity index (χ0n) is 10.3. The van der Waals surface area contributed by atoms with Crippen molar-refractivity contribution in [3.8, 4) is 0 Å². The van der Waals surface area contributed by atoms with E-state index < -0.39 is 6.03 Å². The number of nitrogens with one attached hydrogen (secondary N) is 2. The predicted octanol–water partition coefficient (Wildman–Crippen LogP) is 1.60. The summed E-state index contributed by atoms with van der Waals surface area (Å²) < 4.78 is 0. The first kappa shape index (κ1) is 13.3. The van der Waals surface area contributed by atoms with Crippen molar-refractivity contribution in [2.45, 2.75) is 51.5 Å². The summed E-state index contributed by atoms with van der Waals surface area (Å²) in [6.45, 7) is 3.72. The lowest BCUT2D eigenvalue weighted by molar-refractivity contribution is 0.247. The molecule has 4 nitrogen and oxygen atoms in total. The Balaban J connectivity index is 2.01. The monoisotopic (exact) mass is 227 g/mol. The maximum Gasteiger partial charge on any atom is 0.312 e. The highest BCUT2D eigenvalue weighted by molar-refractivity contribution is 5.71. The van der Waals surface area contributed by atoms with Gasteiger partial charge >= 0.3 is 6.03 Å². The molecule has 0 radical (unpaired) electrons. The Morgan fingerprint density at radius 2 is 1.94 bits per heavy atom. The molecule has 1 saturated carbocycles. The maximum atomic E-state index is 10.4. The van der Waals surface area contributed by atoms with Crippen molar-refractivity contribution in [2.24, 2.45) is 11.7 Å². The molecular weight excluding hydrogens is 202 g/mol. The zero-order chi connectivity index (χ0) is 11.8. The molecular formula is C12H25N3O. The number of nitrogens with two attached hydrogens (primary N) is 1. The van der Waals surface area contributed by atoms with E-state index in [0.717, 1.165) is 12.5 Å². The van der Waals surface area contributed by atoms with Crippen LogP contribution in [0.5, 0.6) is 0 Å². The molecule has 2 amide bonds. The summed E-state index contributed by atoms with van der Waals surface area (Å²) in [6.07, 6.45) is 7.97. The van der Waals surface area contributed by atoms with Crippen molar-refractivity contribution in [3.63, 3.8) is 0 Å². The fourth-order valence-electron chi connectivity index (χ4n) is 2.53. The van der Waals surface area contributed by atoms with E-state index in [0.29, 0.717) is 12.6 Å². The molecule has 16 heavy (non-hydrogen) atoms. The highest BCUT2D eigenvalue weighted by Gasteiger charge is 2.19. The van der Waals surface area contributed by atoms with Crippen LogP contribution in [0.2, 0.25) is 0 Å². The summed E-state index contributed by atoms with van der Waals surface area (Å²) in [5.41, 5.74) is 4.99. The number of carbonyl (C=O) groups is 1. The molecule has 0 heterocycles. The molecule has 0 bridgehead atoms. The van der Waals surface area contributed by atoms with Gasteiger partial charge in [-0.2, -0.15) is 0 Å². The highest BCUT2D eigenvalue weighted by Crippen LogP contribution is 2.27. The minimum absolute atomic E-state index is 0.437. The second kappa shape index (κ2) is 7.49. The van der Waals surface area contributed by atoms with E-state index in [1.54, 1.807) is 0 Å². The summed E-state index contributed by atoms with van der Waals surface area (Å²) in [7, 11) is 0. The first-order chi connectivity index (χ1) is 7.72. The van der Waals surface area contributed by atoms with Crippen LogP contribution in [-0.2, 0) is 0 Å². The van der Waals surface area contributed by atoms with Gasteiger partial charge in [0.25, 0.3) is 0 Å². The van der Waals surface area contributed by atoms with Crippen molar-refractivity contribution < 1.29 is 4.79 Å². The van der Waals surface area contributed by atoms with Gasteiger partial charge in [0.2, 0.25) is 0 Å². The minimum Gasteiger partial charge on any atom is -0.352 e. The van der Waals surface area contributed by atoms with Crippen LogP contribution in [-0.4, -0.2) is 25.2 Å². The van der Waals surface area contributed by atoms with Gasteiger partial charge in [0.1, 0.15) is 0 Å². The number of urea groups is 1. The van der Waals surface area contributed by atoms with Crippen molar-refractivity contribution in [1.82, 2.24) is 10.6 Å². The molecule has 0 spiro atoms. The number of carbonyl (C=O) groups excluding carboxylic acids is 1. The van der Waals surface area contributed by atoms with Crippen LogP contribution in [0.4, 0.5) is 4.79 Å². The lowest BCUT2D eigenvalue weighted by Gasteiger charge is -2.29. The van der Waals surface area contributed by atoms with Gasteiger partial charge in [-0.1, -0.05) is 19.8 Å². The van der Waals surface area contributed by atoms with Crippen LogP contribution in [0.1, 0.15) is 45.4 Å². The van der Waals surface area contributed by atoms with E-state index in [-0.39, 0.29) is 0 Å². The van der Waals surface area contributed by atoms with E-state index in [2.05, 4.69) is 17.6 Å². The third-order valence-electron chi connectivity index (χ3n) is 3.40. The van der Waals surface area contributed by atoms with E-state index >= 15 is 0 Å². The highest BCUT2D eigenvalue weighted by atomic mass is 16.2. The molecule has 0 aromatic rings. The Hall–Kier alpha value is -0.770. The first-order valence-electron chi connectivity index (χ1n) is 6.49. The molecule has 0 aromatic heterocycles. The van der Waals surface area contributed by atoms with E-state index in [1.165, 1.54) is 38.5 Å². The molecule has 1 fully saturated rings. The van der Waals surface area contributed by atoms with Gasteiger partial charge in [0, 0.05) is 19.1 Å². The molecule has 4 heteroatoms. The van der Waals surface area contributed by atoms with Gasteiger partial charge in [0.05, 0.1) is 0 Å². The van der Waals surface area contributed by atoms with Crippen LogP contribution in [0.15, 0.2) is 0 Å². The van der Waals surface area contributed by atoms with Crippen molar-refractivity contribution >= 4 is 6.03 Å². The smallest absolute Gasteiger partial charge is 0.312 e. The Morgan fingerprint density at radius 3 is 2.50 bits per heavy atom. The number of hydrogen-bond donors (Lipinski definition) is 3. The quantitative estimate of drug-likeness (QED) is 0.603. The molecule has 1 rings (SSSR count). The maximum absolute atomic E-state index is 10.4. The van der Waals surface area contributed by atoms with Crippen LogP contribution in [0, 0.1) is 5.92 Å². The first-order valence-corrected chi connectivity index (χ1v) is 6.49. The summed E-state index contributed by atoms with van der Waals surface area (Å²) in [4.78, 5) is 10.4.